The van der Waals surface area contributed by atoms with Crippen LogP contribution < -0.4 is 0 Å². The molecular formula is C15H10N2. The second kappa shape index (κ2) is 3.88. The van der Waals surface area contributed by atoms with Gasteiger partial charge in [0.15, 0.2) is 5.82 Å². The van der Waals surface area contributed by atoms with E-state index in [9.17, 15) is 0 Å². The standard InChI is InChI=1S/C15H10N2/c1-11-13-9-5-6-10-14(13)17-15(16-11)12-7-3-2-4-8-12/h3,5-10H,1H3. The Morgan fingerprint density at radius 3 is 2.71 bits per heavy atom. The lowest BCUT2D eigenvalue weighted by molar-refractivity contribution is 1.16. The maximum Gasteiger partial charge on any atom is 0.160 e. The van der Waals surface area contributed by atoms with Crippen molar-refractivity contribution in [3.05, 3.63) is 60.3 Å². The summed E-state index contributed by atoms with van der Waals surface area (Å²) in [5.41, 5.74) is 2.94. The lowest BCUT2D eigenvalue weighted by atomic mass is 10.1. The minimum absolute atomic E-state index is 0.742. The minimum Gasteiger partial charge on any atom is -0.233 e. The maximum atomic E-state index is 4.56. The van der Waals surface area contributed by atoms with Crippen LogP contribution in [0.4, 0.5) is 0 Å². The Kier molecular flexibility index (Phi) is 2.23. The van der Waals surface area contributed by atoms with Gasteiger partial charge < -0.3 is 0 Å². The zero-order valence-corrected chi connectivity index (χ0v) is 9.44. The van der Waals surface area contributed by atoms with Crippen LogP contribution in [0.1, 0.15) is 5.69 Å². The molecule has 0 saturated carbocycles. The number of fused-ring (bicyclic) bond motifs is 1. The first-order valence-corrected chi connectivity index (χ1v) is 5.46. The second-order valence-corrected chi connectivity index (χ2v) is 3.87. The minimum atomic E-state index is 0.742. The van der Waals surface area contributed by atoms with Crippen molar-refractivity contribution in [3.63, 3.8) is 0 Å². The Bertz CT molecular complexity index is 660. The van der Waals surface area contributed by atoms with E-state index in [0.717, 1.165) is 28.0 Å². The van der Waals surface area contributed by atoms with Gasteiger partial charge in [-0.05, 0) is 31.2 Å². The van der Waals surface area contributed by atoms with E-state index in [4.69, 9.17) is 0 Å². The SMILES string of the molecule is Cc1nc(-c2cc#ccc2)nc2ccccc12. The van der Waals surface area contributed by atoms with Crippen LogP contribution in [-0.2, 0) is 0 Å². The summed E-state index contributed by atoms with van der Waals surface area (Å²) in [4.78, 5) is 9.09. The summed E-state index contributed by atoms with van der Waals surface area (Å²) < 4.78 is 0. The molecule has 80 valence electrons. The molecule has 0 bridgehead atoms. The van der Waals surface area contributed by atoms with Crippen molar-refractivity contribution in [2.75, 3.05) is 0 Å². The number of nitrogens with zero attached hydrogens (tertiary/aromatic N) is 2. The summed E-state index contributed by atoms with van der Waals surface area (Å²) in [6, 6.07) is 19.5. The molecule has 3 rings (SSSR count). The zero-order chi connectivity index (χ0) is 11.7. The number of aryl methyl sites for hydroxylation is 1. The summed E-state index contributed by atoms with van der Waals surface area (Å²) in [5.74, 6) is 0.742. The molecule has 0 spiro atoms. The number of benzene rings is 1. The highest BCUT2D eigenvalue weighted by molar-refractivity contribution is 5.82. The number of hydrogen-bond donors (Lipinski definition) is 0. The molecule has 0 atom stereocenters. The Hall–Kier alpha value is -2.40. The van der Waals surface area contributed by atoms with E-state index < -0.39 is 0 Å². The fraction of sp³-hybridized carbons (Fsp3) is 0.0667. The van der Waals surface area contributed by atoms with Crippen LogP contribution in [0.2, 0.25) is 0 Å². The van der Waals surface area contributed by atoms with E-state index in [2.05, 4.69) is 22.1 Å². The smallest absolute Gasteiger partial charge is 0.160 e. The van der Waals surface area contributed by atoms with E-state index in [1.807, 2.05) is 49.4 Å². The molecule has 0 radical (unpaired) electrons. The monoisotopic (exact) mass is 218 g/mol. The zero-order valence-electron chi connectivity index (χ0n) is 9.44. The molecule has 0 aliphatic carbocycles. The van der Waals surface area contributed by atoms with E-state index in [0.29, 0.717) is 0 Å². The molecule has 0 unspecified atom stereocenters. The van der Waals surface area contributed by atoms with Crippen molar-refractivity contribution in [1.29, 1.82) is 0 Å². The molecular weight excluding hydrogens is 208 g/mol. The lowest BCUT2D eigenvalue weighted by Crippen LogP contribution is -1.93. The number of para-hydroxylation sites is 1. The molecule has 0 saturated heterocycles. The van der Waals surface area contributed by atoms with Gasteiger partial charge in [-0.3, -0.25) is 0 Å². The van der Waals surface area contributed by atoms with Crippen LogP contribution in [0, 0.1) is 19.1 Å². The summed E-state index contributed by atoms with van der Waals surface area (Å²) in [6.45, 7) is 2.01. The van der Waals surface area contributed by atoms with Gasteiger partial charge >= 0.3 is 0 Å². The average Bonchev–Trinajstić information content (AvgIpc) is 2.40. The quantitative estimate of drug-likeness (QED) is 0.626. The molecule has 1 aromatic heterocycles. The van der Waals surface area contributed by atoms with Gasteiger partial charge in [0, 0.05) is 16.6 Å². The highest BCUT2D eigenvalue weighted by Crippen LogP contribution is 2.20. The van der Waals surface area contributed by atoms with Gasteiger partial charge in [-0.1, -0.05) is 30.3 Å². The molecule has 0 amide bonds. The lowest BCUT2D eigenvalue weighted by Gasteiger charge is -2.04. The summed E-state index contributed by atoms with van der Waals surface area (Å²) in [5, 5.41) is 1.10. The third-order valence-electron chi connectivity index (χ3n) is 2.71. The van der Waals surface area contributed by atoms with E-state index in [1.165, 1.54) is 0 Å². The topological polar surface area (TPSA) is 25.8 Å². The van der Waals surface area contributed by atoms with Gasteiger partial charge in [0.25, 0.3) is 0 Å². The van der Waals surface area contributed by atoms with Gasteiger partial charge in [-0.15, -0.1) is 0 Å². The molecule has 3 aromatic rings. The fourth-order valence-corrected chi connectivity index (χ4v) is 1.85. The molecule has 0 fully saturated rings. The Labute approximate surface area is 100.0 Å². The Morgan fingerprint density at radius 2 is 1.88 bits per heavy atom. The van der Waals surface area contributed by atoms with Crippen molar-refractivity contribution < 1.29 is 0 Å². The molecule has 0 N–H and O–H groups in total. The average molecular weight is 218 g/mol. The predicted molar refractivity (Wildman–Crippen MR) is 67.4 cm³/mol. The Morgan fingerprint density at radius 1 is 1.00 bits per heavy atom. The van der Waals surface area contributed by atoms with Crippen LogP contribution >= 0.6 is 0 Å². The highest BCUT2D eigenvalue weighted by Gasteiger charge is 2.05. The van der Waals surface area contributed by atoms with Crippen molar-refractivity contribution in [3.8, 4) is 11.4 Å². The van der Waals surface area contributed by atoms with Crippen molar-refractivity contribution in [1.82, 2.24) is 9.97 Å². The van der Waals surface area contributed by atoms with Crippen LogP contribution in [-0.4, -0.2) is 9.97 Å². The van der Waals surface area contributed by atoms with Gasteiger partial charge in [-0.25, -0.2) is 9.97 Å². The van der Waals surface area contributed by atoms with Crippen LogP contribution in [0.5, 0.6) is 0 Å². The summed E-state index contributed by atoms with van der Waals surface area (Å²) in [6.07, 6.45) is 0. The summed E-state index contributed by atoms with van der Waals surface area (Å²) >= 11 is 0. The maximum absolute atomic E-state index is 4.56. The molecule has 0 aliphatic rings. The fourth-order valence-electron chi connectivity index (χ4n) is 1.85. The van der Waals surface area contributed by atoms with Gasteiger partial charge in [0.05, 0.1) is 5.52 Å². The van der Waals surface area contributed by atoms with Crippen molar-refractivity contribution in [2.45, 2.75) is 6.92 Å². The van der Waals surface area contributed by atoms with E-state index in [1.54, 1.807) is 0 Å². The third-order valence-corrected chi connectivity index (χ3v) is 2.71. The third kappa shape index (κ3) is 1.72. The van der Waals surface area contributed by atoms with Gasteiger partial charge in [0.1, 0.15) is 0 Å². The first-order valence-electron chi connectivity index (χ1n) is 5.46. The highest BCUT2D eigenvalue weighted by atomic mass is 14.9. The van der Waals surface area contributed by atoms with Crippen LogP contribution in [0.25, 0.3) is 22.3 Å². The number of aromatic nitrogens is 2. The molecule has 2 nitrogen and oxygen atoms in total. The molecule has 2 heteroatoms. The predicted octanol–water partition coefficient (Wildman–Crippen LogP) is 3.21. The molecule has 2 aromatic carbocycles. The number of hydrogen-bond acceptors (Lipinski definition) is 2. The van der Waals surface area contributed by atoms with E-state index >= 15 is 0 Å². The van der Waals surface area contributed by atoms with Gasteiger partial charge in [0.2, 0.25) is 0 Å². The molecule has 0 aliphatic heterocycles. The molecule has 17 heavy (non-hydrogen) atoms. The first kappa shape index (κ1) is 9.80. The van der Waals surface area contributed by atoms with Gasteiger partial charge in [-0.2, -0.15) is 0 Å². The molecule has 1 heterocycles. The Balaban J connectivity index is 2.26. The van der Waals surface area contributed by atoms with Crippen LogP contribution in [0.3, 0.4) is 0 Å². The number of rotatable bonds is 1. The second-order valence-electron chi connectivity index (χ2n) is 3.87. The first-order chi connectivity index (χ1) is 8.34. The van der Waals surface area contributed by atoms with Crippen molar-refractivity contribution >= 4 is 10.9 Å². The van der Waals surface area contributed by atoms with Crippen LogP contribution in [0.15, 0.2) is 42.5 Å². The van der Waals surface area contributed by atoms with Crippen molar-refractivity contribution in [2.24, 2.45) is 0 Å². The summed E-state index contributed by atoms with van der Waals surface area (Å²) in [7, 11) is 0. The largest absolute Gasteiger partial charge is 0.233 e. The van der Waals surface area contributed by atoms with E-state index in [-0.39, 0.29) is 0 Å². The normalized spacial score (nSPS) is 10.2.